The van der Waals surface area contributed by atoms with Crippen LogP contribution in [0.5, 0.6) is 5.75 Å². The monoisotopic (exact) mass is 372 g/mol. The molecule has 2 rings (SSSR count). The van der Waals surface area contributed by atoms with Crippen LogP contribution in [0.25, 0.3) is 0 Å². The molecule has 0 heterocycles. The average molecular weight is 372 g/mol. The van der Waals surface area contributed by atoms with Crippen molar-refractivity contribution in [2.24, 2.45) is 5.73 Å². The number of carbonyl (C=O) groups excluding carboxylic acids is 1. The molecule has 2 aromatic rings. The molecule has 138 valence electrons. The number of rotatable bonds is 9. The molecule has 0 saturated heterocycles. The van der Waals surface area contributed by atoms with Crippen LogP contribution in [0.15, 0.2) is 54.6 Å². The number of urea groups is 1. The fourth-order valence-corrected chi connectivity index (χ4v) is 2.42. The van der Waals surface area contributed by atoms with E-state index < -0.39 is 0 Å². The molecule has 5 N–H and O–H groups in total. The highest BCUT2D eigenvalue weighted by Gasteiger charge is 2.01. The van der Waals surface area contributed by atoms with Crippen LogP contribution in [0.2, 0.25) is 0 Å². The minimum absolute atomic E-state index is 0.186. The summed E-state index contributed by atoms with van der Waals surface area (Å²) >= 11 is 4.81. The first-order valence-electron chi connectivity index (χ1n) is 8.53. The van der Waals surface area contributed by atoms with Gasteiger partial charge in [-0.05, 0) is 55.7 Å². The normalized spacial score (nSPS) is 10.0. The number of nitrogens with two attached hydrogens (primary N) is 1. The highest BCUT2D eigenvalue weighted by Crippen LogP contribution is 2.17. The van der Waals surface area contributed by atoms with E-state index in [1.807, 2.05) is 54.6 Å². The van der Waals surface area contributed by atoms with Crippen LogP contribution in [-0.4, -0.2) is 24.3 Å². The molecular weight excluding hydrogens is 348 g/mol. The fraction of sp³-hybridized carbons (Fsp3) is 0.263. The van der Waals surface area contributed by atoms with Gasteiger partial charge in [0.05, 0.1) is 6.61 Å². The number of unbranched alkanes of at least 4 members (excludes halogenated alkanes) is 2. The first-order valence-corrected chi connectivity index (χ1v) is 8.93. The van der Waals surface area contributed by atoms with Gasteiger partial charge in [-0.1, -0.05) is 24.3 Å². The predicted octanol–water partition coefficient (Wildman–Crippen LogP) is 3.71. The Bertz CT molecular complexity index is 710. The number of amides is 2. The third kappa shape index (κ3) is 7.85. The number of carbonyl (C=O) groups is 1. The summed E-state index contributed by atoms with van der Waals surface area (Å²) in [5, 5.41) is 8.73. The van der Waals surface area contributed by atoms with Crippen molar-refractivity contribution in [3.05, 3.63) is 54.6 Å². The lowest BCUT2D eigenvalue weighted by atomic mass is 10.2. The van der Waals surface area contributed by atoms with Crippen molar-refractivity contribution in [2.75, 3.05) is 23.8 Å². The van der Waals surface area contributed by atoms with Gasteiger partial charge in [-0.25, -0.2) is 4.79 Å². The van der Waals surface area contributed by atoms with Gasteiger partial charge < -0.3 is 26.4 Å². The Balaban J connectivity index is 1.54. The third-order valence-corrected chi connectivity index (χ3v) is 3.61. The zero-order valence-electron chi connectivity index (χ0n) is 14.5. The summed E-state index contributed by atoms with van der Waals surface area (Å²) in [5.74, 6) is 0.770. The summed E-state index contributed by atoms with van der Waals surface area (Å²) in [6, 6.07) is 16.7. The number of ether oxygens (including phenoxy) is 1. The number of anilines is 2. The third-order valence-electron chi connectivity index (χ3n) is 3.51. The zero-order chi connectivity index (χ0) is 18.6. The number of hydrogen-bond acceptors (Lipinski definition) is 3. The van der Waals surface area contributed by atoms with Gasteiger partial charge >= 0.3 is 6.03 Å². The lowest BCUT2D eigenvalue weighted by Gasteiger charge is -2.09. The largest absolute Gasteiger partial charge is 0.494 e. The second-order valence-corrected chi connectivity index (χ2v) is 6.11. The number of benzene rings is 2. The lowest BCUT2D eigenvalue weighted by molar-refractivity contribution is 0.251. The summed E-state index contributed by atoms with van der Waals surface area (Å²) < 4.78 is 5.71. The quantitative estimate of drug-likeness (QED) is 0.398. The molecule has 0 saturated carbocycles. The summed E-state index contributed by atoms with van der Waals surface area (Å²) in [6.45, 7) is 1.25. The maximum Gasteiger partial charge on any atom is 0.319 e. The van der Waals surface area contributed by atoms with Crippen LogP contribution in [0, 0.1) is 0 Å². The molecule has 6 nitrogen and oxygen atoms in total. The zero-order valence-corrected chi connectivity index (χ0v) is 15.4. The van der Waals surface area contributed by atoms with Crippen molar-refractivity contribution >= 4 is 34.7 Å². The molecule has 2 amide bonds. The van der Waals surface area contributed by atoms with E-state index in [4.69, 9.17) is 22.7 Å². The van der Waals surface area contributed by atoms with Crippen LogP contribution in [-0.2, 0) is 0 Å². The van der Waals surface area contributed by atoms with E-state index >= 15 is 0 Å². The first kappa shape index (κ1) is 19.5. The Hall–Kier alpha value is -2.80. The molecule has 0 unspecified atom stereocenters. The molecule has 0 aliphatic heterocycles. The molecule has 0 aliphatic carbocycles. The number of hydrogen-bond donors (Lipinski definition) is 4. The molecule has 0 aliphatic rings. The first-order chi connectivity index (χ1) is 12.6. The van der Waals surface area contributed by atoms with Crippen LogP contribution in [0.4, 0.5) is 16.2 Å². The van der Waals surface area contributed by atoms with Crippen molar-refractivity contribution in [3.63, 3.8) is 0 Å². The highest BCUT2D eigenvalue weighted by molar-refractivity contribution is 7.80. The Morgan fingerprint density at radius 3 is 2.50 bits per heavy atom. The molecule has 26 heavy (non-hydrogen) atoms. The van der Waals surface area contributed by atoms with Crippen LogP contribution >= 0.6 is 12.2 Å². The van der Waals surface area contributed by atoms with Crippen molar-refractivity contribution in [3.8, 4) is 5.75 Å². The minimum Gasteiger partial charge on any atom is -0.494 e. The van der Waals surface area contributed by atoms with Gasteiger partial charge in [0.25, 0.3) is 0 Å². The van der Waals surface area contributed by atoms with E-state index in [1.165, 1.54) is 0 Å². The van der Waals surface area contributed by atoms with E-state index in [0.717, 1.165) is 36.4 Å². The average Bonchev–Trinajstić information content (AvgIpc) is 2.61. The van der Waals surface area contributed by atoms with Crippen LogP contribution in [0.3, 0.4) is 0 Å². The summed E-state index contributed by atoms with van der Waals surface area (Å²) in [4.78, 5) is 11.7. The lowest BCUT2D eigenvalue weighted by Crippen LogP contribution is -2.29. The number of para-hydroxylation sites is 1. The molecular formula is C19H24N4O2S. The summed E-state index contributed by atoms with van der Waals surface area (Å²) in [5.41, 5.74) is 7.04. The SMILES string of the molecule is NC(=S)Nc1cccc(OCCCCCNC(=O)Nc2ccccc2)c1. The maximum absolute atomic E-state index is 11.7. The Labute approximate surface area is 159 Å². The smallest absolute Gasteiger partial charge is 0.319 e. The molecule has 0 aromatic heterocycles. The summed E-state index contributed by atoms with van der Waals surface area (Å²) in [6.07, 6.45) is 2.78. The van der Waals surface area contributed by atoms with Gasteiger partial charge in [-0.2, -0.15) is 0 Å². The number of thiocarbonyl (C=S) groups is 1. The Morgan fingerprint density at radius 1 is 0.962 bits per heavy atom. The maximum atomic E-state index is 11.7. The molecule has 0 fully saturated rings. The standard InChI is InChI=1S/C19H24N4O2S/c20-18(26)22-16-10-7-11-17(14-16)25-13-6-2-5-12-21-19(24)23-15-8-3-1-4-9-15/h1,3-4,7-11,14H,2,5-6,12-13H2,(H3,20,22,26)(H2,21,23,24). The van der Waals surface area contributed by atoms with Gasteiger partial charge in [0, 0.05) is 24.0 Å². The van der Waals surface area contributed by atoms with Gasteiger partial charge in [0.2, 0.25) is 0 Å². The van der Waals surface area contributed by atoms with Crippen molar-refractivity contribution in [2.45, 2.75) is 19.3 Å². The predicted molar refractivity (Wildman–Crippen MR) is 110 cm³/mol. The molecule has 0 atom stereocenters. The second kappa shape index (κ2) is 10.9. The molecule has 0 spiro atoms. The van der Waals surface area contributed by atoms with Gasteiger partial charge in [0.15, 0.2) is 5.11 Å². The van der Waals surface area contributed by atoms with E-state index in [0.29, 0.717) is 13.2 Å². The van der Waals surface area contributed by atoms with Crippen molar-refractivity contribution in [1.82, 2.24) is 5.32 Å². The van der Waals surface area contributed by atoms with Crippen molar-refractivity contribution < 1.29 is 9.53 Å². The molecule has 0 radical (unpaired) electrons. The van der Waals surface area contributed by atoms with E-state index in [1.54, 1.807) is 0 Å². The van der Waals surface area contributed by atoms with Crippen LogP contribution in [0.1, 0.15) is 19.3 Å². The molecule has 7 heteroatoms. The van der Waals surface area contributed by atoms with E-state index in [2.05, 4.69) is 16.0 Å². The van der Waals surface area contributed by atoms with Gasteiger partial charge in [0.1, 0.15) is 5.75 Å². The Kier molecular flexibility index (Phi) is 8.21. The van der Waals surface area contributed by atoms with Crippen LogP contribution < -0.4 is 26.4 Å². The van der Waals surface area contributed by atoms with Crippen molar-refractivity contribution in [1.29, 1.82) is 0 Å². The molecule has 0 bridgehead atoms. The Morgan fingerprint density at radius 2 is 1.73 bits per heavy atom. The van der Waals surface area contributed by atoms with E-state index in [9.17, 15) is 4.79 Å². The number of nitrogens with one attached hydrogen (secondary N) is 3. The minimum atomic E-state index is -0.186. The summed E-state index contributed by atoms with van der Waals surface area (Å²) in [7, 11) is 0. The topological polar surface area (TPSA) is 88.4 Å². The van der Waals surface area contributed by atoms with E-state index in [-0.39, 0.29) is 11.1 Å². The highest BCUT2D eigenvalue weighted by atomic mass is 32.1. The second-order valence-electron chi connectivity index (χ2n) is 5.67. The van der Waals surface area contributed by atoms with Gasteiger partial charge in [-0.3, -0.25) is 0 Å². The van der Waals surface area contributed by atoms with Gasteiger partial charge in [-0.15, -0.1) is 0 Å². The fourth-order valence-electron chi connectivity index (χ4n) is 2.30. The molecule has 2 aromatic carbocycles.